The molecule has 1 aliphatic heterocycles. The fraction of sp³-hybridized carbons (Fsp3) is 0.429. The lowest BCUT2D eigenvalue weighted by atomic mass is 9.93. The standard InChI is InChI=1S/C21H23FN6O3/c22-15-3-5-16(6-4-15)25-20-17(19(24)29)10-28(26-20)18-11-27(8-7-14(18)9-23)21(30)31-12-13-1-2-13/h3-6,10,13-14,18H,1-2,7-8,11-12H2,(H2,24,29)(H,25,26)/t14-,18+/m1/s1. The number of hydrogen-bond acceptors (Lipinski definition) is 6. The van der Waals surface area contributed by atoms with Crippen LogP contribution in [0.15, 0.2) is 30.5 Å². The number of ether oxygens (including phenoxy) is 1. The molecule has 2 fully saturated rings. The first kappa shape index (κ1) is 20.7. The molecule has 162 valence electrons. The van der Waals surface area contributed by atoms with E-state index in [0.29, 0.717) is 31.2 Å². The summed E-state index contributed by atoms with van der Waals surface area (Å²) in [6.45, 7) is 1.07. The van der Waals surface area contributed by atoms with Gasteiger partial charge < -0.3 is 20.7 Å². The van der Waals surface area contributed by atoms with Crippen LogP contribution in [0.25, 0.3) is 0 Å². The van der Waals surface area contributed by atoms with E-state index >= 15 is 0 Å². The molecule has 0 radical (unpaired) electrons. The molecule has 3 N–H and O–H groups in total. The number of aromatic nitrogens is 2. The zero-order valence-corrected chi connectivity index (χ0v) is 16.8. The van der Waals surface area contributed by atoms with Crippen LogP contribution >= 0.6 is 0 Å². The largest absolute Gasteiger partial charge is 0.449 e. The van der Waals surface area contributed by atoms with Crippen LogP contribution in [-0.4, -0.2) is 46.4 Å². The predicted molar refractivity (Wildman–Crippen MR) is 109 cm³/mol. The molecule has 4 rings (SSSR count). The van der Waals surface area contributed by atoms with Crippen molar-refractivity contribution in [3.8, 4) is 6.07 Å². The molecule has 2 aromatic rings. The topological polar surface area (TPSA) is 126 Å². The molecular weight excluding hydrogens is 403 g/mol. The van der Waals surface area contributed by atoms with Crippen LogP contribution in [0.2, 0.25) is 0 Å². The van der Waals surface area contributed by atoms with Crippen molar-refractivity contribution < 1.29 is 18.7 Å². The van der Waals surface area contributed by atoms with Gasteiger partial charge in [-0.3, -0.25) is 9.48 Å². The van der Waals surface area contributed by atoms with Crippen LogP contribution in [0.4, 0.5) is 20.7 Å². The highest BCUT2D eigenvalue weighted by Crippen LogP contribution is 2.31. The van der Waals surface area contributed by atoms with Gasteiger partial charge in [-0.15, -0.1) is 0 Å². The number of rotatable bonds is 6. The molecule has 2 atom stereocenters. The third-order valence-electron chi connectivity index (χ3n) is 5.59. The van der Waals surface area contributed by atoms with Crippen LogP contribution in [0.3, 0.4) is 0 Å². The SMILES string of the molecule is N#C[C@H]1CCN(C(=O)OCC2CC2)C[C@@H]1n1cc(C(N)=O)c(Nc2ccc(F)cc2)n1. The van der Waals surface area contributed by atoms with Gasteiger partial charge in [0.15, 0.2) is 5.82 Å². The van der Waals surface area contributed by atoms with Gasteiger partial charge in [-0.25, -0.2) is 9.18 Å². The lowest BCUT2D eigenvalue weighted by Crippen LogP contribution is -2.44. The first-order valence-corrected chi connectivity index (χ1v) is 10.2. The average Bonchev–Trinajstić information content (AvgIpc) is 3.51. The number of hydrogen-bond donors (Lipinski definition) is 2. The molecule has 31 heavy (non-hydrogen) atoms. The minimum atomic E-state index is -0.694. The maximum atomic E-state index is 13.2. The number of nitriles is 1. The van der Waals surface area contributed by atoms with Gasteiger partial charge >= 0.3 is 6.09 Å². The van der Waals surface area contributed by atoms with E-state index in [1.807, 2.05) is 0 Å². The number of benzene rings is 1. The molecule has 2 aliphatic rings. The molecular formula is C21H23FN6O3. The lowest BCUT2D eigenvalue weighted by molar-refractivity contribution is 0.0732. The summed E-state index contributed by atoms with van der Waals surface area (Å²) in [7, 11) is 0. The number of carbonyl (C=O) groups is 2. The van der Waals surface area contributed by atoms with Crippen molar-refractivity contribution in [1.29, 1.82) is 5.26 Å². The first-order valence-electron chi connectivity index (χ1n) is 10.2. The van der Waals surface area contributed by atoms with Crippen molar-refractivity contribution >= 4 is 23.5 Å². The molecule has 1 saturated heterocycles. The fourth-order valence-corrected chi connectivity index (χ4v) is 3.59. The first-order chi connectivity index (χ1) is 14.9. The number of halogens is 1. The Labute approximate surface area is 178 Å². The normalized spacial score (nSPS) is 20.7. The molecule has 0 bridgehead atoms. The Morgan fingerprint density at radius 1 is 1.29 bits per heavy atom. The van der Waals surface area contributed by atoms with E-state index in [2.05, 4.69) is 16.5 Å². The number of nitrogens with one attached hydrogen (secondary N) is 1. The Kier molecular flexibility index (Phi) is 5.75. The van der Waals surface area contributed by atoms with E-state index in [0.717, 1.165) is 12.8 Å². The minimum Gasteiger partial charge on any atom is -0.449 e. The number of nitrogens with two attached hydrogens (primary N) is 1. The van der Waals surface area contributed by atoms with Gasteiger partial charge in [-0.2, -0.15) is 10.4 Å². The highest BCUT2D eigenvalue weighted by atomic mass is 19.1. The molecule has 1 saturated carbocycles. The minimum absolute atomic E-state index is 0.134. The summed E-state index contributed by atoms with van der Waals surface area (Å²) in [6.07, 6.45) is 3.70. The molecule has 1 aliphatic carbocycles. The molecule has 9 nitrogen and oxygen atoms in total. The van der Waals surface area contributed by atoms with Gasteiger partial charge in [0.25, 0.3) is 5.91 Å². The molecule has 1 aromatic carbocycles. The maximum absolute atomic E-state index is 13.2. The highest BCUT2D eigenvalue weighted by molar-refractivity contribution is 5.98. The zero-order chi connectivity index (χ0) is 22.0. The lowest BCUT2D eigenvalue weighted by Gasteiger charge is -2.35. The van der Waals surface area contributed by atoms with Crippen molar-refractivity contribution in [3.05, 3.63) is 41.8 Å². The maximum Gasteiger partial charge on any atom is 0.409 e. The monoisotopic (exact) mass is 426 g/mol. The summed E-state index contributed by atoms with van der Waals surface area (Å²) in [5.41, 5.74) is 6.17. The number of amides is 2. The predicted octanol–water partition coefficient (Wildman–Crippen LogP) is 2.80. The van der Waals surface area contributed by atoms with Crippen LogP contribution in [-0.2, 0) is 4.74 Å². The summed E-state index contributed by atoms with van der Waals surface area (Å²) < 4.78 is 20.0. The molecule has 10 heteroatoms. The fourth-order valence-electron chi connectivity index (χ4n) is 3.59. The molecule has 0 spiro atoms. The molecule has 2 heterocycles. The van der Waals surface area contributed by atoms with Gasteiger partial charge in [0.1, 0.15) is 11.4 Å². The number of likely N-dealkylation sites (tertiary alicyclic amines) is 1. The van der Waals surface area contributed by atoms with Crippen LogP contribution in [0.1, 0.15) is 35.7 Å². The van der Waals surface area contributed by atoms with Crippen molar-refractivity contribution in [3.63, 3.8) is 0 Å². The summed E-state index contributed by atoms with van der Waals surface area (Å²) >= 11 is 0. The van der Waals surface area contributed by atoms with E-state index in [1.165, 1.54) is 35.1 Å². The Bertz CT molecular complexity index is 1010. The third kappa shape index (κ3) is 4.77. The smallest absolute Gasteiger partial charge is 0.409 e. The van der Waals surface area contributed by atoms with E-state index in [9.17, 15) is 19.2 Å². The van der Waals surface area contributed by atoms with E-state index < -0.39 is 24.0 Å². The van der Waals surface area contributed by atoms with Crippen LogP contribution in [0, 0.1) is 29.0 Å². The Balaban J connectivity index is 1.55. The van der Waals surface area contributed by atoms with Crippen LogP contribution < -0.4 is 11.1 Å². The van der Waals surface area contributed by atoms with E-state index in [1.54, 1.807) is 4.90 Å². The van der Waals surface area contributed by atoms with E-state index in [-0.39, 0.29) is 23.7 Å². The Morgan fingerprint density at radius 3 is 2.68 bits per heavy atom. The average molecular weight is 426 g/mol. The Morgan fingerprint density at radius 2 is 2.03 bits per heavy atom. The van der Waals surface area contributed by atoms with Crippen molar-refractivity contribution in [2.45, 2.75) is 25.3 Å². The van der Waals surface area contributed by atoms with Gasteiger partial charge in [-0.1, -0.05) is 0 Å². The summed E-state index contributed by atoms with van der Waals surface area (Å²) in [5, 5.41) is 17.0. The summed E-state index contributed by atoms with van der Waals surface area (Å²) in [6, 6.07) is 7.38. The van der Waals surface area contributed by atoms with Gasteiger partial charge in [0, 0.05) is 25.0 Å². The van der Waals surface area contributed by atoms with Crippen molar-refractivity contribution in [1.82, 2.24) is 14.7 Å². The van der Waals surface area contributed by atoms with Crippen molar-refractivity contribution in [2.75, 3.05) is 25.0 Å². The third-order valence-corrected chi connectivity index (χ3v) is 5.59. The number of carbonyl (C=O) groups excluding carboxylic acids is 2. The number of nitrogens with zero attached hydrogens (tertiary/aromatic N) is 4. The molecule has 2 amide bonds. The quantitative estimate of drug-likeness (QED) is 0.731. The number of piperidine rings is 1. The highest BCUT2D eigenvalue weighted by Gasteiger charge is 2.35. The second-order valence-electron chi connectivity index (χ2n) is 7.93. The van der Waals surface area contributed by atoms with Gasteiger partial charge in [-0.05, 0) is 49.4 Å². The second-order valence-corrected chi connectivity index (χ2v) is 7.93. The Hall–Kier alpha value is -3.61. The molecule has 1 aromatic heterocycles. The van der Waals surface area contributed by atoms with Gasteiger partial charge in [0.2, 0.25) is 0 Å². The molecule has 0 unspecified atom stereocenters. The number of primary amides is 1. The van der Waals surface area contributed by atoms with Crippen LogP contribution in [0.5, 0.6) is 0 Å². The summed E-state index contributed by atoms with van der Waals surface area (Å²) in [4.78, 5) is 26.0. The van der Waals surface area contributed by atoms with Crippen molar-refractivity contribution in [2.24, 2.45) is 17.6 Å². The zero-order valence-electron chi connectivity index (χ0n) is 16.8. The van der Waals surface area contributed by atoms with E-state index in [4.69, 9.17) is 10.5 Å². The van der Waals surface area contributed by atoms with Gasteiger partial charge in [0.05, 0.1) is 24.6 Å². The number of anilines is 2. The second kappa shape index (κ2) is 8.63. The summed E-state index contributed by atoms with van der Waals surface area (Å²) in [5.74, 6) is -0.823.